The monoisotopic (exact) mass is 268 g/mol. The number of methoxy groups -OCH3 is 2. The van der Waals surface area contributed by atoms with Crippen molar-refractivity contribution >= 4 is 23.1 Å². The number of rotatable bonds is 6. The van der Waals surface area contributed by atoms with E-state index in [4.69, 9.17) is 27.4 Å². The summed E-state index contributed by atoms with van der Waals surface area (Å²) < 4.78 is 10.2. The normalized spacial score (nSPS) is 9.67. The van der Waals surface area contributed by atoms with Crippen molar-refractivity contribution in [2.24, 2.45) is 5.73 Å². The van der Waals surface area contributed by atoms with Crippen molar-refractivity contribution in [2.45, 2.75) is 6.42 Å². The fraction of sp³-hybridized carbons (Fsp3) is 0.333. The summed E-state index contributed by atoms with van der Waals surface area (Å²) in [5.41, 5.74) is 5.77. The number of nitrogens with two attached hydrogens (primary N) is 1. The molecule has 0 spiro atoms. The Morgan fingerprint density at radius 1 is 1.39 bits per heavy atom. The van der Waals surface area contributed by atoms with Crippen LogP contribution in [0.4, 0.5) is 0 Å². The third kappa shape index (κ3) is 3.89. The van der Waals surface area contributed by atoms with Crippen LogP contribution in [0.3, 0.4) is 0 Å². The average molecular weight is 268 g/mol. The summed E-state index contributed by atoms with van der Waals surface area (Å²) in [5, 5.41) is 2.71. The van der Waals surface area contributed by atoms with Gasteiger partial charge in [0.05, 0.1) is 24.8 Å². The largest absolute Gasteiger partial charge is 0.497 e. The quantitative estimate of drug-likeness (QED) is 0.756. The first kappa shape index (κ1) is 14.2. The number of hydrogen-bond donors (Lipinski definition) is 2. The SMILES string of the molecule is COc1ccc(OC)c(C(=O)NCCC(N)=S)c1. The fourth-order valence-corrected chi connectivity index (χ4v) is 1.49. The van der Waals surface area contributed by atoms with Crippen LogP contribution >= 0.6 is 12.2 Å². The Balaban J connectivity index is 2.79. The van der Waals surface area contributed by atoms with Crippen LogP contribution in [-0.4, -0.2) is 31.7 Å². The molecule has 0 aliphatic carbocycles. The third-order valence-corrected chi connectivity index (χ3v) is 2.51. The molecule has 0 aliphatic rings. The van der Waals surface area contributed by atoms with E-state index in [9.17, 15) is 4.79 Å². The second-order valence-electron chi connectivity index (χ2n) is 3.54. The van der Waals surface area contributed by atoms with E-state index >= 15 is 0 Å². The molecule has 1 aromatic rings. The van der Waals surface area contributed by atoms with E-state index in [-0.39, 0.29) is 5.91 Å². The van der Waals surface area contributed by atoms with Gasteiger partial charge in [-0.15, -0.1) is 0 Å². The molecule has 0 heterocycles. The highest BCUT2D eigenvalue weighted by molar-refractivity contribution is 7.80. The minimum Gasteiger partial charge on any atom is -0.497 e. The molecule has 0 atom stereocenters. The average Bonchev–Trinajstić information content (AvgIpc) is 2.37. The van der Waals surface area contributed by atoms with Gasteiger partial charge < -0.3 is 20.5 Å². The molecule has 0 bridgehead atoms. The minimum atomic E-state index is -0.248. The zero-order valence-electron chi connectivity index (χ0n) is 10.4. The van der Waals surface area contributed by atoms with E-state index in [1.165, 1.54) is 14.2 Å². The van der Waals surface area contributed by atoms with Crippen molar-refractivity contribution < 1.29 is 14.3 Å². The topological polar surface area (TPSA) is 73.6 Å². The van der Waals surface area contributed by atoms with Gasteiger partial charge in [-0.25, -0.2) is 0 Å². The molecule has 0 unspecified atom stereocenters. The summed E-state index contributed by atoms with van der Waals surface area (Å²) in [6.07, 6.45) is 0.466. The van der Waals surface area contributed by atoms with E-state index in [1.54, 1.807) is 18.2 Å². The molecule has 0 saturated carbocycles. The predicted octanol–water partition coefficient (Wildman–Crippen LogP) is 1.11. The highest BCUT2D eigenvalue weighted by Crippen LogP contribution is 2.23. The molecule has 6 heteroatoms. The van der Waals surface area contributed by atoms with Crippen molar-refractivity contribution in [3.05, 3.63) is 23.8 Å². The smallest absolute Gasteiger partial charge is 0.255 e. The third-order valence-electron chi connectivity index (χ3n) is 2.31. The van der Waals surface area contributed by atoms with Gasteiger partial charge in [0.15, 0.2) is 0 Å². The van der Waals surface area contributed by atoms with E-state index in [0.29, 0.717) is 35.0 Å². The fourth-order valence-electron chi connectivity index (χ4n) is 1.39. The molecule has 0 aromatic heterocycles. The Bertz CT molecular complexity index is 449. The second-order valence-corrected chi connectivity index (χ2v) is 4.06. The Hall–Kier alpha value is -1.82. The zero-order chi connectivity index (χ0) is 13.5. The summed E-state index contributed by atoms with van der Waals surface area (Å²) in [7, 11) is 3.05. The lowest BCUT2D eigenvalue weighted by atomic mass is 10.1. The van der Waals surface area contributed by atoms with Crippen LogP contribution in [0.2, 0.25) is 0 Å². The second kappa shape index (κ2) is 6.80. The van der Waals surface area contributed by atoms with Crippen LogP contribution in [0.25, 0.3) is 0 Å². The number of thiocarbonyl (C=S) groups is 1. The summed E-state index contributed by atoms with van der Waals surface area (Å²) in [6, 6.07) is 5.03. The molecule has 0 saturated heterocycles. The molecule has 18 heavy (non-hydrogen) atoms. The molecule has 98 valence electrons. The number of carbonyl (C=O) groups is 1. The highest BCUT2D eigenvalue weighted by atomic mass is 32.1. The predicted molar refractivity (Wildman–Crippen MR) is 73.3 cm³/mol. The maximum atomic E-state index is 11.9. The maximum absolute atomic E-state index is 11.9. The number of nitrogens with one attached hydrogen (secondary N) is 1. The van der Waals surface area contributed by atoms with Gasteiger partial charge in [-0.2, -0.15) is 0 Å². The molecular formula is C12H16N2O3S. The van der Waals surface area contributed by atoms with E-state index in [1.807, 2.05) is 0 Å². The van der Waals surface area contributed by atoms with Crippen LogP contribution < -0.4 is 20.5 Å². The first-order valence-electron chi connectivity index (χ1n) is 5.37. The first-order valence-corrected chi connectivity index (χ1v) is 5.78. The van der Waals surface area contributed by atoms with Crippen molar-refractivity contribution in [3.63, 3.8) is 0 Å². The first-order chi connectivity index (χ1) is 8.58. The molecule has 1 amide bonds. The molecular weight excluding hydrogens is 252 g/mol. The summed E-state index contributed by atoms with van der Waals surface area (Å²) >= 11 is 4.73. The Labute approximate surface area is 111 Å². The van der Waals surface area contributed by atoms with Gasteiger partial charge in [-0.3, -0.25) is 4.79 Å². The van der Waals surface area contributed by atoms with Crippen molar-refractivity contribution in [1.82, 2.24) is 5.32 Å². The van der Waals surface area contributed by atoms with E-state index in [0.717, 1.165) is 0 Å². The van der Waals surface area contributed by atoms with Gasteiger partial charge in [0.25, 0.3) is 5.91 Å². The van der Waals surface area contributed by atoms with E-state index in [2.05, 4.69) is 5.32 Å². The summed E-state index contributed by atoms with van der Waals surface area (Å²) in [6.45, 7) is 0.397. The number of benzene rings is 1. The molecule has 0 fully saturated rings. The Morgan fingerprint density at radius 2 is 2.11 bits per heavy atom. The Kier molecular flexibility index (Phi) is 5.38. The van der Waals surface area contributed by atoms with Crippen molar-refractivity contribution in [2.75, 3.05) is 20.8 Å². The van der Waals surface area contributed by atoms with Crippen molar-refractivity contribution in [3.8, 4) is 11.5 Å². The lowest BCUT2D eigenvalue weighted by Crippen LogP contribution is -2.27. The molecule has 1 aromatic carbocycles. The molecule has 0 radical (unpaired) electrons. The molecule has 5 nitrogen and oxygen atoms in total. The maximum Gasteiger partial charge on any atom is 0.255 e. The summed E-state index contributed by atoms with van der Waals surface area (Å²) in [4.78, 5) is 12.3. The minimum absolute atomic E-state index is 0.248. The van der Waals surface area contributed by atoms with Crippen LogP contribution in [0, 0.1) is 0 Å². The molecule has 0 aliphatic heterocycles. The van der Waals surface area contributed by atoms with Crippen LogP contribution in [0.15, 0.2) is 18.2 Å². The van der Waals surface area contributed by atoms with Gasteiger partial charge in [0, 0.05) is 13.0 Å². The van der Waals surface area contributed by atoms with Crippen LogP contribution in [-0.2, 0) is 0 Å². The van der Waals surface area contributed by atoms with Crippen molar-refractivity contribution in [1.29, 1.82) is 0 Å². The van der Waals surface area contributed by atoms with Gasteiger partial charge >= 0.3 is 0 Å². The lowest BCUT2D eigenvalue weighted by Gasteiger charge is -2.10. The number of ether oxygens (including phenoxy) is 2. The van der Waals surface area contributed by atoms with Crippen LogP contribution in [0.1, 0.15) is 16.8 Å². The van der Waals surface area contributed by atoms with E-state index < -0.39 is 0 Å². The number of hydrogen-bond acceptors (Lipinski definition) is 4. The lowest BCUT2D eigenvalue weighted by molar-refractivity contribution is 0.0951. The van der Waals surface area contributed by atoms with Gasteiger partial charge in [0.1, 0.15) is 11.5 Å². The van der Waals surface area contributed by atoms with Gasteiger partial charge in [-0.1, -0.05) is 12.2 Å². The number of amides is 1. The number of carbonyl (C=O) groups excluding carboxylic acids is 1. The molecule has 1 rings (SSSR count). The van der Waals surface area contributed by atoms with Crippen LogP contribution in [0.5, 0.6) is 11.5 Å². The Morgan fingerprint density at radius 3 is 2.67 bits per heavy atom. The zero-order valence-corrected chi connectivity index (χ0v) is 11.2. The summed E-state index contributed by atoms with van der Waals surface area (Å²) in [5.74, 6) is 0.834. The molecule has 3 N–H and O–H groups in total. The van der Waals surface area contributed by atoms with Gasteiger partial charge in [0.2, 0.25) is 0 Å². The standard InChI is InChI=1S/C12H16N2O3S/c1-16-8-3-4-10(17-2)9(7-8)12(15)14-6-5-11(13)18/h3-4,7H,5-6H2,1-2H3,(H2,13,18)(H,14,15). The highest BCUT2D eigenvalue weighted by Gasteiger charge is 2.13. The van der Waals surface area contributed by atoms with Gasteiger partial charge in [-0.05, 0) is 18.2 Å².